The topological polar surface area (TPSA) is 68.0 Å². The summed E-state index contributed by atoms with van der Waals surface area (Å²) in [5.74, 6) is -0.402. The lowest BCUT2D eigenvalue weighted by Crippen LogP contribution is -2.27. The number of aromatic nitrogens is 1. The minimum atomic E-state index is -0.523. The van der Waals surface area contributed by atoms with Crippen molar-refractivity contribution < 1.29 is 4.79 Å². The number of benzene rings is 1. The maximum absolute atomic E-state index is 11.5. The van der Waals surface area contributed by atoms with Crippen molar-refractivity contribution in [2.75, 3.05) is 5.32 Å². The number of carbonyl (C=O) groups excluding carboxylic acids is 1. The van der Waals surface area contributed by atoms with E-state index < -0.39 is 11.9 Å². The predicted octanol–water partition coefficient (Wildman–Crippen LogP) is 2.09. The smallest absolute Gasteiger partial charge is 0.245 e. The molecule has 5 heteroatoms. The number of carbonyl (C=O) groups is 1. The summed E-state index contributed by atoms with van der Waals surface area (Å²) in [6.07, 6.45) is 0. The van der Waals surface area contributed by atoms with Crippen molar-refractivity contribution in [1.29, 1.82) is 0 Å². The number of thiazole rings is 1. The predicted molar refractivity (Wildman–Crippen MR) is 68.9 cm³/mol. The molecule has 1 atom stereocenters. The van der Waals surface area contributed by atoms with E-state index in [1.807, 2.05) is 37.3 Å². The number of rotatable bonds is 4. The summed E-state index contributed by atoms with van der Waals surface area (Å²) in [6, 6.07) is 8.99. The summed E-state index contributed by atoms with van der Waals surface area (Å²) >= 11 is 1.43. The largest absolute Gasteiger partial charge is 0.369 e. The number of amides is 1. The number of para-hydroxylation sites is 1. The van der Waals surface area contributed by atoms with E-state index in [0.29, 0.717) is 0 Å². The molecule has 0 spiro atoms. The fourth-order valence-electron chi connectivity index (χ4n) is 1.55. The van der Waals surface area contributed by atoms with Crippen molar-refractivity contribution in [2.24, 2.45) is 5.73 Å². The van der Waals surface area contributed by atoms with Gasteiger partial charge in [0, 0.05) is 5.69 Å². The van der Waals surface area contributed by atoms with Gasteiger partial charge < -0.3 is 11.1 Å². The van der Waals surface area contributed by atoms with Crippen LogP contribution in [0.25, 0.3) is 0 Å². The SMILES string of the molecule is Cc1ncsc1C(Nc1ccccc1)C(N)=O. The van der Waals surface area contributed by atoms with E-state index in [4.69, 9.17) is 5.73 Å². The molecule has 0 aliphatic heterocycles. The Hall–Kier alpha value is -1.88. The number of nitrogens with one attached hydrogen (secondary N) is 1. The molecular weight excluding hydrogens is 234 g/mol. The molecule has 17 heavy (non-hydrogen) atoms. The third-order valence-corrected chi connectivity index (χ3v) is 3.41. The van der Waals surface area contributed by atoms with Gasteiger partial charge in [0.25, 0.3) is 0 Å². The Labute approximate surface area is 103 Å². The number of nitrogens with two attached hydrogens (primary N) is 1. The standard InChI is InChI=1S/C12H13N3OS/c1-8-11(17-7-14-8)10(12(13)16)15-9-5-3-2-4-6-9/h2-7,10,15H,1H3,(H2,13,16). The number of anilines is 1. The molecule has 0 radical (unpaired) electrons. The van der Waals surface area contributed by atoms with Gasteiger partial charge in [-0.3, -0.25) is 4.79 Å². The minimum absolute atomic E-state index is 0.402. The van der Waals surface area contributed by atoms with Crippen molar-refractivity contribution in [1.82, 2.24) is 4.98 Å². The maximum Gasteiger partial charge on any atom is 0.245 e. The van der Waals surface area contributed by atoms with E-state index in [1.54, 1.807) is 5.51 Å². The summed E-state index contributed by atoms with van der Waals surface area (Å²) in [5.41, 5.74) is 8.84. The van der Waals surface area contributed by atoms with Gasteiger partial charge >= 0.3 is 0 Å². The van der Waals surface area contributed by atoms with Crippen molar-refractivity contribution in [3.8, 4) is 0 Å². The average molecular weight is 247 g/mol. The highest BCUT2D eigenvalue weighted by Crippen LogP contribution is 2.25. The number of primary amides is 1. The van der Waals surface area contributed by atoms with Crippen LogP contribution in [-0.2, 0) is 4.79 Å². The first-order valence-electron chi connectivity index (χ1n) is 5.19. The molecule has 2 aromatic rings. The molecule has 0 fully saturated rings. The Kier molecular flexibility index (Phi) is 3.39. The van der Waals surface area contributed by atoms with E-state index in [9.17, 15) is 4.79 Å². The first kappa shape index (κ1) is 11.6. The first-order chi connectivity index (χ1) is 8.18. The summed E-state index contributed by atoms with van der Waals surface area (Å²) in [7, 11) is 0. The molecule has 1 amide bonds. The molecule has 0 aliphatic carbocycles. The summed E-state index contributed by atoms with van der Waals surface area (Å²) < 4.78 is 0. The van der Waals surface area contributed by atoms with Gasteiger partial charge in [-0.05, 0) is 19.1 Å². The summed E-state index contributed by atoms with van der Waals surface area (Å²) in [5, 5.41) is 3.12. The van der Waals surface area contributed by atoms with Gasteiger partial charge in [-0.2, -0.15) is 0 Å². The van der Waals surface area contributed by atoms with Gasteiger partial charge in [0.15, 0.2) is 0 Å². The van der Waals surface area contributed by atoms with Crippen LogP contribution in [0.2, 0.25) is 0 Å². The molecule has 88 valence electrons. The van der Waals surface area contributed by atoms with E-state index in [0.717, 1.165) is 16.3 Å². The van der Waals surface area contributed by atoms with Crippen molar-refractivity contribution in [3.05, 3.63) is 46.4 Å². The second-order valence-electron chi connectivity index (χ2n) is 3.65. The fraction of sp³-hybridized carbons (Fsp3) is 0.167. The van der Waals surface area contributed by atoms with Gasteiger partial charge in [0.2, 0.25) is 5.91 Å². The number of aryl methyl sites for hydroxylation is 1. The molecule has 0 saturated carbocycles. The van der Waals surface area contributed by atoms with E-state index >= 15 is 0 Å². The summed E-state index contributed by atoms with van der Waals surface area (Å²) in [4.78, 5) is 16.5. The highest BCUT2D eigenvalue weighted by Gasteiger charge is 2.21. The lowest BCUT2D eigenvalue weighted by molar-refractivity contribution is -0.118. The van der Waals surface area contributed by atoms with Crippen LogP contribution in [0.15, 0.2) is 35.8 Å². The Morgan fingerprint density at radius 3 is 2.65 bits per heavy atom. The zero-order valence-electron chi connectivity index (χ0n) is 9.38. The van der Waals surface area contributed by atoms with E-state index in [1.165, 1.54) is 11.3 Å². The Morgan fingerprint density at radius 2 is 2.12 bits per heavy atom. The molecular formula is C12H13N3OS. The van der Waals surface area contributed by atoms with Gasteiger partial charge in [-0.1, -0.05) is 18.2 Å². The van der Waals surface area contributed by atoms with Crippen molar-refractivity contribution in [2.45, 2.75) is 13.0 Å². The zero-order valence-corrected chi connectivity index (χ0v) is 10.2. The second-order valence-corrected chi connectivity index (χ2v) is 4.53. The average Bonchev–Trinajstić information content (AvgIpc) is 2.73. The van der Waals surface area contributed by atoms with Crippen LogP contribution in [-0.4, -0.2) is 10.9 Å². The van der Waals surface area contributed by atoms with Gasteiger partial charge in [0.1, 0.15) is 6.04 Å². The lowest BCUT2D eigenvalue weighted by Gasteiger charge is -2.15. The van der Waals surface area contributed by atoms with Crippen LogP contribution in [0, 0.1) is 6.92 Å². The van der Waals surface area contributed by atoms with Gasteiger partial charge in [-0.25, -0.2) is 4.98 Å². The first-order valence-corrected chi connectivity index (χ1v) is 6.07. The van der Waals surface area contributed by atoms with E-state index in [2.05, 4.69) is 10.3 Å². The van der Waals surface area contributed by atoms with Crippen LogP contribution >= 0.6 is 11.3 Å². The number of hydrogen-bond donors (Lipinski definition) is 2. The molecule has 0 saturated heterocycles. The molecule has 0 bridgehead atoms. The zero-order chi connectivity index (χ0) is 12.3. The maximum atomic E-state index is 11.5. The number of hydrogen-bond acceptors (Lipinski definition) is 4. The molecule has 1 aromatic carbocycles. The third kappa shape index (κ3) is 2.62. The summed E-state index contributed by atoms with van der Waals surface area (Å²) in [6.45, 7) is 1.87. The molecule has 1 unspecified atom stereocenters. The molecule has 3 N–H and O–H groups in total. The molecule has 1 aromatic heterocycles. The molecule has 4 nitrogen and oxygen atoms in total. The second kappa shape index (κ2) is 4.97. The van der Waals surface area contributed by atoms with Crippen LogP contribution in [0.3, 0.4) is 0 Å². The lowest BCUT2D eigenvalue weighted by atomic mass is 10.2. The van der Waals surface area contributed by atoms with Gasteiger partial charge in [0.05, 0.1) is 16.1 Å². The third-order valence-electron chi connectivity index (χ3n) is 2.41. The van der Waals surface area contributed by atoms with Crippen LogP contribution in [0.5, 0.6) is 0 Å². The van der Waals surface area contributed by atoms with Crippen LogP contribution in [0.4, 0.5) is 5.69 Å². The molecule has 2 rings (SSSR count). The van der Waals surface area contributed by atoms with Crippen molar-refractivity contribution in [3.63, 3.8) is 0 Å². The van der Waals surface area contributed by atoms with Crippen LogP contribution < -0.4 is 11.1 Å². The van der Waals surface area contributed by atoms with E-state index in [-0.39, 0.29) is 0 Å². The Morgan fingerprint density at radius 1 is 1.41 bits per heavy atom. The fourth-order valence-corrected chi connectivity index (χ4v) is 2.41. The van der Waals surface area contributed by atoms with Gasteiger partial charge in [-0.15, -0.1) is 11.3 Å². The number of nitrogens with zero attached hydrogens (tertiary/aromatic N) is 1. The monoisotopic (exact) mass is 247 g/mol. The van der Waals surface area contributed by atoms with Crippen molar-refractivity contribution >= 4 is 22.9 Å². The molecule has 0 aliphatic rings. The Bertz CT molecular complexity index is 509. The van der Waals surface area contributed by atoms with Crippen LogP contribution in [0.1, 0.15) is 16.6 Å². The highest BCUT2D eigenvalue weighted by atomic mass is 32.1. The highest BCUT2D eigenvalue weighted by molar-refractivity contribution is 7.10. The minimum Gasteiger partial charge on any atom is -0.369 e. The quantitative estimate of drug-likeness (QED) is 0.869. The molecule has 1 heterocycles. The normalized spacial score (nSPS) is 12.1. The Balaban J connectivity index is 2.26.